The van der Waals surface area contributed by atoms with Crippen molar-refractivity contribution in [2.45, 2.75) is 6.54 Å². The lowest BCUT2D eigenvalue weighted by atomic mass is 10.1. The third kappa shape index (κ3) is 2.18. The molecule has 0 aliphatic heterocycles. The average molecular weight is 252 g/mol. The largest absolute Gasteiger partial charge is 0.411 e. The molecular weight excluding hydrogens is 240 g/mol. The number of oxime groups is 1. The molecule has 3 aromatic rings. The van der Waals surface area contributed by atoms with E-state index in [0.29, 0.717) is 12.3 Å². The molecule has 0 radical (unpaired) electrons. The summed E-state index contributed by atoms with van der Waals surface area (Å²) in [5.41, 5.74) is 3.18. The monoisotopic (exact) mass is 252 g/mol. The molecule has 2 aromatic heterocycles. The summed E-state index contributed by atoms with van der Waals surface area (Å²) in [6.45, 7) is 0.399. The number of hydrogen-bond donors (Lipinski definition) is 1. The fourth-order valence-electron chi connectivity index (χ4n) is 1.99. The molecular formula is C14H12N4O. The Labute approximate surface area is 109 Å². The van der Waals surface area contributed by atoms with Crippen molar-refractivity contribution in [1.82, 2.24) is 14.8 Å². The minimum atomic E-state index is 0.399. The summed E-state index contributed by atoms with van der Waals surface area (Å²) in [4.78, 5) is 4.22. The lowest BCUT2D eigenvalue weighted by molar-refractivity contribution is 0.317. The first-order valence-electron chi connectivity index (χ1n) is 5.91. The predicted molar refractivity (Wildman–Crippen MR) is 72.3 cm³/mol. The van der Waals surface area contributed by atoms with Crippen molar-refractivity contribution in [2.75, 3.05) is 0 Å². The van der Waals surface area contributed by atoms with Gasteiger partial charge in [-0.05, 0) is 12.1 Å². The van der Waals surface area contributed by atoms with Gasteiger partial charge in [-0.3, -0.25) is 9.67 Å². The van der Waals surface area contributed by atoms with Gasteiger partial charge in [-0.15, -0.1) is 0 Å². The number of benzene rings is 1. The summed E-state index contributed by atoms with van der Waals surface area (Å²) in [5, 5.41) is 16.8. The molecule has 19 heavy (non-hydrogen) atoms. The van der Waals surface area contributed by atoms with Gasteiger partial charge < -0.3 is 5.21 Å². The lowest BCUT2D eigenvalue weighted by Gasteiger charge is -2.06. The van der Waals surface area contributed by atoms with Crippen molar-refractivity contribution in [2.24, 2.45) is 5.16 Å². The minimum absolute atomic E-state index is 0.399. The van der Waals surface area contributed by atoms with E-state index >= 15 is 0 Å². The van der Waals surface area contributed by atoms with E-state index in [1.807, 2.05) is 42.5 Å². The maximum absolute atomic E-state index is 9.18. The van der Waals surface area contributed by atoms with Gasteiger partial charge in [0.15, 0.2) is 0 Å². The maximum atomic E-state index is 9.18. The number of aromatic nitrogens is 3. The van der Waals surface area contributed by atoms with Crippen LogP contribution in [0, 0.1) is 0 Å². The van der Waals surface area contributed by atoms with Crippen LogP contribution in [0.25, 0.3) is 11.0 Å². The van der Waals surface area contributed by atoms with E-state index in [4.69, 9.17) is 0 Å². The molecule has 0 aliphatic rings. The van der Waals surface area contributed by atoms with Gasteiger partial charge in [0.2, 0.25) is 0 Å². The van der Waals surface area contributed by atoms with E-state index < -0.39 is 0 Å². The highest BCUT2D eigenvalue weighted by molar-refractivity contribution is 6.00. The molecule has 94 valence electrons. The topological polar surface area (TPSA) is 63.3 Å². The van der Waals surface area contributed by atoms with Crippen molar-refractivity contribution < 1.29 is 5.21 Å². The molecule has 2 heterocycles. The summed E-state index contributed by atoms with van der Waals surface area (Å²) in [6, 6.07) is 13.3. The average Bonchev–Trinajstić information content (AvgIpc) is 2.89. The van der Waals surface area contributed by atoms with E-state index in [1.165, 1.54) is 0 Å². The third-order valence-electron chi connectivity index (χ3n) is 2.94. The van der Waals surface area contributed by atoms with Crippen LogP contribution in [0.5, 0.6) is 0 Å². The highest BCUT2D eigenvalue weighted by Crippen LogP contribution is 2.11. The normalized spacial score (nSPS) is 11.9. The smallest absolute Gasteiger partial charge is 0.108 e. The quantitative estimate of drug-likeness (QED) is 0.442. The lowest BCUT2D eigenvalue weighted by Crippen LogP contribution is -2.12. The van der Waals surface area contributed by atoms with E-state index in [2.05, 4.69) is 15.2 Å². The Morgan fingerprint density at radius 2 is 2.00 bits per heavy atom. The van der Waals surface area contributed by atoms with Crippen LogP contribution in [0.3, 0.4) is 0 Å². The zero-order valence-corrected chi connectivity index (χ0v) is 10.1. The number of hydrogen-bond acceptors (Lipinski definition) is 4. The Morgan fingerprint density at radius 1 is 1.16 bits per heavy atom. The standard InChI is InChI=1S/C14H12N4O/c19-17-13(11-5-2-1-3-6-11)10-18-14-7-4-8-15-12(14)9-16-18/h1-9,19H,10H2/b17-13-. The van der Waals surface area contributed by atoms with E-state index in [0.717, 1.165) is 16.6 Å². The minimum Gasteiger partial charge on any atom is -0.411 e. The summed E-state index contributed by atoms with van der Waals surface area (Å²) >= 11 is 0. The number of fused-ring (bicyclic) bond motifs is 1. The first-order valence-corrected chi connectivity index (χ1v) is 5.91. The van der Waals surface area contributed by atoms with Gasteiger partial charge in [0.05, 0.1) is 18.3 Å². The molecule has 1 N–H and O–H groups in total. The summed E-state index contributed by atoms with van der Waals surface area (Å²) in [6.07, 6.45) is 3.43. The number of rotatable bonds is 3. The summed E-state index contributed by atoms with van der Waals surface area (Å²) in [5.74, 6) is 0. The summed E-state index contributed by atoms with van der Waals surface area (Å²) < 4.78 is 1.77. The third-order valence-corrected chi connectivity index (χ3v) is 2.94. The Balaban J connectivity index is 1.96. The van der Waals surface area contributed by atoms with Gasteiger partial charge in [0.1, 0.15) is 11.2 Å². The second-order valence-corrected chi connectivity index (χ2v) is 4.12. The van der Waals surface area contributed by atoms with Crippen molar-refractivity contribution in [1.29, 1.82) is 0 Å². The van der Waals surface area contributed by atoms with Crippen LogP contribution in [-0.4, -0.2) is 25.7 Å². The van der Waals surface area contributed by atoms with E-state index in [-0.39, 0.29) is 0 Å². The molecule has 1 aromatic carbocycles. The van der Waals surface area contributed by atoms with Crippen LogP contribution >= 0.6 is 0 Å². The van der Waals surface area contributed by atoms with Crippen LogP contribution in [0.15, 0.2) is 60.0 Å². The molecule has 0 aliphatic carbocycles. The highest BCUT2D eigenvalue weighted by Gasteiger charge is 2.08. The highest BCUT2D eigenvalue weighted by atomic mass is 16.4. The molecule has 5 nitrogen and oxygen atoms in total. The van der Waals surface area contributed by atoms with Crippen molar-refractivity contribution >= 4 is 16.7 Å². The van der Waals surface area contributed by atoms with Gasteiger partial charge >= 0.3 is 0 Å². The van der Waals surface area contributed by atoms with E-state index in [1.54, 1.807) is 17.1 Å². The van der Waals surface area contributed by atoms with Gasteiger partial charge in [-0.25, -0.2) is 0 Å². The SMILES string of the molecule is O/N=C(/Cn1ncc2ncccc21)c1ccccc1. The van der Waals surface area contributed by atoms with Gasteiger partial charge in [0.25, 0.3) is 0 Å². The Kier molecular flexibility index (Phi) is 2.94. The fraction of sp³-hybridized carbons (Fsp3) is 0.0714. The number of pyridine rings is 1. The van der Waals surface area contributed by atoms with Gasteiger partial charge in [0, 0.05) is 11.8 Å². The molecule has 0 fully saturated rings. The van der Waals surface area contributed by atoms with Gasteiger partial charge in [-0.2, -0.15) is 5.10 Å². The molecule has 0 spiro atoms. The first-order chi connectivity index (χ1) is 9.38. The zero-order chi connectivity index (χ0) is 13.1. The van der Waals surface area contributed by atoms with Crippen molar-refractivity contribution in [3.05, 3.63) is 60.4 Å². The van der Waals surface area contributed by atoms with Crippen molar-refractivity contribution in [3.8, 4) is 0 Å². The predicted octanol–water partition coefficient (Wildman–Crippen LogP) is 2.31. The molecule has 5 heteroatoms. The first kappa shape index (κ1) is 11.4. The Hall–Kier alpha value is -2.69. The van der Waals surface area contributed by atoms with Crippen LogP contribution in [0.4, 0.5) is 0 Å². The van der Waals surface area contributed by atoms with E-state index in [9.17, 15) is 5.21 Å². The van der Waals surface area contributed by atoms with Gasteiger partial charge in [-0.1, -0.05) is 35.5 Å². The molecule has 0 atom stereocenters. The summed E-state index contributed by atoms with van der Waals surface area (Å²) in [7, 11) is 0. The second kappa shape index (κ2) is 4.89. The Morgan fingerprint density at radius 3 is 2.79 bits per heavy atom. The van der Waals surface area contributed by atoms with Crippen LogP contribution in [-0.2, 0) is 6.54 Å². The maximum Gasteiger partial charge on any atom is 0.108 e. The van der Waals surface area contributed by atoms with Crippen LogP contribution < -0.4 is 0 Å². The second-order valence-electron chi connectivity index (χ2n) is 4.12. The Bertz CT molecular complexity index is 718. The fourth-order valence-corrected chi connectivity index (χ4v) is 1.99. The molecule has 0 unspecified atom stereocenters. The molecule has 0 amide bonds. The zero-order valence-electron chi connectivity index (χ0n) is 10.1. The molecule has 3 rings (SSSR count). The van der Waals surface area contributed by atoms with Crippen LogP contribution in [0.1, 0.15) is 5.56 Å². The molecule has 0 saturated carbocycles. The molecule has 0 saturated heterocycles. The molecule has 0 bridgehead atoms. The van der Waals surface area contributed by atoms with Crippen molar-refractivity contribution in [3.63, 3.8) is 0 Å². The number of nitrogens with zero attached hydrogens (tertiary/aromatic N) is 4. The van der Waals surface area contributed by atoms with Crippen LogP contribution in [0.2, 0.25) is 0 Å².